The first-order valence-electron chi connectivity index (χ1n) is 6.74. The maximum Gasteiger partial charge on any atom is 0.239 e. The summed E-state index contributed by atoms with van der Waals surface area (Å²) in [5, 5.41) is 3.15. The van der Waals surface area contributed by atoms with E-state index in [1.165, 1.54) is 0 Å². The van der Waals surface area contributed by atoms with Crippen LogP contribution >= 0.6 is 0 Å². The highest BCUT2D eigenvalue weighted by Crippen LogP contribution is 2.05. The van der Waals surface area contributed by atoms with Crippen LogP contribution < -0.4 is 5.32 Å². The van der Waals surface area contributed by atoms with Crippen LogP contribution in [0.5, 0.6) is 0 Å². The maximum absolute atomic E-state index is 12.1. The van der Waals surface area contributed by atoms with E-state index in [1.807, 2.05) is 18.7 Å². The van der Waals surface area contributed by atoms with E-state index in [0.29, 0.717) is 38.7 Å². The van der Waals surface area contributed by atoms with Gasteiger partial charge in [0.05, 0.1) is 32.0 Å². The van der Waals surface area contributed by atoms with Crippen LogP contribution in [0, 0.1) is 0 Å². The lowest BCUT2D eigenvalue weighted by Crippen LogP contribution is -2.49. The maximum atomic E-state index is 12.1. The number of hydrogen-bond acceptors (Lipinski definition) is 5. The molecule has 1 aromatic rings. The summed E-state index contributed by atoms with van der Waals surface area (Å²) in [4.78, 5) is 18.1. The fraction of sp³-hybridized carbons (Fsp3) is 0.692. The molecule has 1 fully saturated rings. The summed E-state index contributed by atoms with van der Waals surface area (Å²) in [6.45, 7) is 6.94. The van der Waals surface area contributed by atoms with Crippen molar-refractivity contribution in [3.8, 4) is 0 Å². The third kappa shape index (κ3) is 3.78. The molecule has 1 unspecified atom stereocenters. The standard InChI is InChI=1S/C13H21N3O3/c1-3-11-8-15-12(19-11)9-14-10(2)13(17)16-4-6-18-7-5-16/h8,10,14H,3-7,9H2,1-2H3. The molecule has 0 spiro atoms. The lowest BCUT2D eigenvalue weighted by atomic mass is 10.2. The van der Waals surface area contributed by atoms with Crippen molar-refractivity contribution in [1.29, 1.82) is 0 Å². The topological polar surface area (TPSA) is 67.6 Å². The summed E-state index contributed by atoms with van der Waals surface area (Å²) < 4.78 is 10.7. The molecule has 1 aromatic heterocycles. The Morgan fingerprint density at radius 1 is 1.53 bits per heavy atom. The number of nitrogens with one attached hydrogen (secondary N) is 1. The van der Waals surface area contributed by atoms with Crippen LogP contribution in [0.2, 0.25) is 0 Å². The zero-order valence-electron chi connectivity index (χ0n) is 11.5. The van der Waals surface area contributed by atoms with E-state index in [0.717, 1.165) is 12.2 Å². The number of morpholine rings is 1. The predicted molar refractivity (Wildman–Crippen MR) is 69.6 cm³/mol. The molecule has 1 atom stereocenters. The Labute approximate surface area is 113 Å². The Morgan fingerprint density at radius 2 is 2.26 bits per heavy atom. The van der Waals surface area contributed by atoms with E-state index >= 15 is 0 Å². The second kappa shape index (κ2) is 6.68. The van der Waals surface area contributed by atoms with Crippen molar-refractivity contribution in [3.63, 3.8) is 0 Å². The molecule has 0 aromatic carbocycles. The summed E-state index contributed by atoms with van der Waals surface area (Å²) in [7, 11) is 0. The summed E-state index contributed by atoms with van der Waals surface area (Å²) in [5.74, 6) is 1.59. The van der Waals surface area contributed by atoms with Gasteiger partial charge in [0, 0.05) is 19.5 Å². The molecular weight excluding hydrogens is 246 g/mol. The predicted octanol–water partition coefficient (Wildman–Crippen LogP) is 0.574. The van der Waals surface area contributed by atoms with Gasteiger partial charge in [-0.2, -0.15) is 0 Å². The zero-order valence-corrected chi connectivity index (χ0v) is 11.5. The Bertz CT molecular complexity index is 413. The fourth-order valence-electron chi connectivity index (χ4n) is 1.98. The van der Waals surface area contributed by atoms with Gasteiger partial charge in [0.2, 0.25) is 11.8 Å². The summed E-state index contributed by atoms with van der Waals surface area (Å²) in [6.07, 6.45) is 2.56. The number of nitrogens with zero attached hydrogens (tertiary/aromatic N) is 2. The molecule has 0 bridgehead atoms. The van der Waals surface area contributed by atoms with Gasteiger partial charge >= 0.3 is 0 Å². The first kappa shape index (κ1) is 14.0. The van der Waals surface area contributed by atoms with Gasteiger partial charge in [-0.15, -0.1) is 0 Å². The van der Waals surface area contributed by atoms with E-state index in [9.17, 15) is 4.79 Å². The quantitative estimate of drug-likeness (QED) is 0.845. The summed E-state index contributed by atoms with van der Waals surface area (Å²) in [6, 6.07) is -0.241. The Balaban J connectivity index is 1.79. The normalized spacial score (nSPS) is 17.5. The summed E-state index contributed by atoms with van der Waals surface area (Å²) >= 11 is 0. The minimum atomic E-state index is -0.241. The number of rotatable bonds is 5. The van der Waals surface area contributed by atoms with Crippen LogP contribution in [0.1, 0.15) is 25.5 Å². The molecule has 2 heterocycles. The van der Waals surface area contributed by atoms with Crippen molar-refractivity contribution in [2.75, 3.05) is 26.3 Å². The minimum absolute atomic E-state index is 0.102. The van der Waals surface area contributed by atoms with Gasteiger partial charge in [0.15, 0.2) is 0 Å². The number of carbonyl (C=O) groups is 1. The zero-order chi connectivity index (χ0) is 13.7. The number of carbonyl (C=O) groups excluding carboxylic acids is 1. The Kier molecular flexibility index (Phi) is 4.93. The van der Waals surface area contributed by atoms with E-state index in [2.05, 4.69) is 10.3 Å². The molecule has 1 N–H and O–H groups in total. The molecule has 1 amide bonds. The minimum Gasteiger partial charge on any atom is -0.444 e. The molecular formula is C13H21N3O3. The second-order valence-electron chi connectivity index (χ2n) is 4.61. The Hall–Kier alpha value is -1.40. The van der Waals surface area contributed by atoms with Crippen LogP contribution in [-0.2, 0) is 22.5 Å². The largest absolute Gasteiger partial charge is 0.444 e. The van der Waals surface area contributed by atoms with Crippen molar-refractivity contribution in [1.82, 2.24) is 15.2 Å². The molecule has 0 radical (unpaired) electrons. The average Bonchev–Trinajstić information content (AvgIpc) is 2.93. The fourth-order valence-corrected chi connectivity index (χ4v) is 1.98. The van der Waals surface area contributed by atoms with Crippen molar-refractivity contribution in [2.45, 2.75) is 32.9 Å². The van der Waals surface area contributed by atoms with Gasteiger partial charge in [-0.3, -0.25) is 10.1 Å². The van der Waals surface area contributed by atoms with Gasteiger partial charge in [0.1, 0.15) is 5.76 Å². The first-order valence-corrected chi connectivity index (χ1v) is 6.74. The van der Waals surface area contributed by atoms with Crippen molar-refractivity contribution in [3.05, 3.63) is 17.8 Å². The van der Waals surface area contributed by atoms with Gasteiger partial charge in [0.25, 0.3) is 0 Å². The van der Waals surface area contributed by atoms with Crippen LogP contribution in [0.25, 0.3) is 0 Å². The molecule has 2 rings (SSSR count). The van der Waals surface area contributed by atoms with Crippen molar-refractivity contribution < 1.29 is 13.9 Å². The van der Waals surface area contributed by atoms with E-state index in [1.54, 1.807) is 6.20 Å². The number of ether oxygens (including phenoxy) is 1. The summed E-state index contributed by atoms with van der Waals surface area (Å²) in [5.41, 5.74) is 0. The number of amides is 1. The monoisotopic (exact) mass is 267 g/mol. The third-order valence-electron chi connectivity index (χ3n) is 3.20. The average molecular weight is 267 g/mol. The molecule has 0 aliphatic carbocycles. The molecule has 0 saturated carbocycles. The van der Waals surface area contributed by atoms with Gasteiger partial charge < -0.3 is 14.1 Å². The lowest BCUT2D eigenvalue weighted by molar-refractivity contribution is -0.137. The number of oxazole rings is 1. The lowest BCUT2D eigenvalue weighted by Gasteiger charge is -2.29. The van der Waals surface area contributed by atoms with E-state index < -0.39 is 0 Å². The van der Waals surface area contributed by atoms with Gasteiger partial charge in [-0.05, 0) is 6.92 Å². The smallest absolute Gasteiger partial charge is 0.239 e. The van der Waals surface area contributed by atoms with Gasteiger partial charge in [-0.25, -0.2) is 4.98 Å². The number of aryl methyl sites for hydroxylation is 1. The molecule has 1 aliphatic rings. The highest BCUT2D eigenvalue weighted by atomic mass is 16.5. The van der Waals surface area contributed by atoms with Crippen molar-refractivity contribution >= 4 is 5.91 Å². The molecule has 106 valence electrons. The van der Waals surface area contributed by atoms with Crippen LogP contribution in [-0.4, -0.2) is 48.1 Å². The molecule has 1 aliphatic heterocycles. The van der Waals surface area contributed by atoms with Crippen LogP contribution in [0.15, 0.2) is 10.6 Å². The highest BCUT2D eigenvalue weighted by Gasteiger charge is 2.22. The second-order valence-corrected chi connectivity index (χ2v) is 4.61. The third-order valence-corrected chi connectivity index (χ3v) is 3.20. The molecule has 6 nitrogen and oxygen atoms in total. The SMILES string of the molecule is CCc1cnc(CNC(C)C(=O)N2CCOCC2)o1. The molecule has 6 heteroatoms. The van der Waals surface area contributed by atoms with Gasteiger partial charge in [-0.1, -0.05) is 6.92 Å². The molecule has 1 saturated heterocycles. The van der Waals surface area contributed by atoms with E-state index in [-0.39, 0.29) is 11.9 Å². The number of hydrogen-bond donors (Lipinski definition) is 1. The number of aromatic nitrogens is 1. The van der Waals surface area contributed by atoms with E-state index in [4.69, 9.17) is 9.15 Å². The van der Waals surface area contributed by atoms with Crippen LogP contribution in [0.3, 0.4) is 0 Å². The highest BCUT2D eigenvalue weighted by molar-refractivity contribution is 5.81. The molecule has 19 heavy (non-hydrogen) atoms. The Morgan fingerprint density at radius 3 is 2.89 bits per heavy atom. The first-order chi connectivity index (χ1) is 9.20. The van der Waals surface area contributed by atoms with Crippen molar-refractivity contribution in [2.24, 2.45) is 0 Å². The van der Waals surface area contributed by atoms with Crippen LogP contribution in [0.4, 0.5) is 0 Å².